The molecule has 4 nitrogen and oxygen atoms in total. The van der Waals surface area contributed by atoms with Gasteiger partial charge in [-0.25, -0.2) is 4.79 Å². The van der Waals surface area contributed by atoms with Gasteiger partial charge in [0.2, 0.25) is 0 Å². The third kappa shape index (κ3) is 2.41. The molecular formula is C11H18N2O2. The number of amides is 1. The molecule has 1 amide bonds. The highest BCUT2D eigenvalue weighted by Crippen LogP contribution is 2.32. The molecule has 4 heteroatoms. The van der Waals surface area contributed by atoms with Crippen molar-refractivity contribution in [1.82, 2.24) is 4.90 Å². The quantitative estimate of drug-likeness (QED) is 0.702. The van der Waals surface area contributed by atoms with Crippen LogP contribution in [-0.2, 0) is 4.74 Å². The molecule has 0 aromatic heterocycles. The van der Waals surface area contributed by atoms with Crippen molar-refractivity contribution in [2.24, 2.45) is 0 Å². The fourth-order valence-corrected chi connectivity index (χ4v) is 2.05. The van der Waals surface area contributed by atoms with Gasteiger partial charge in [-0.3, -0.25) is 4.90 Å². The first kappa shape index (κ1) is 11.8. The predicted octanol–water partition coefficient (Wildman–Crippen LogP) is 2.30. The van der Waals surface area contributed by atoms with Gasteiger partial charge < -0.3 is 4.74 Å². The van der Waals surface area contributed by atoms with Crippen molar-refractivity contribution in [2.75, 3.05) is 13.7 Å². The maximum Gasteiger partial charge on any atom is 0.410 e. The van der Waals surface area contributed by atoms with Crippen LogP contribution in [0.15, 0.2) is 0 Å². The minimum atomic E-state index is -0.634. The van der Waals surface area contributed by atoms with Crippen molar-refractivity contribution in [3.05, 3.63) is 0 Å². The zero-order chi connectivity index (χ0) is 11.3. The number of carbonyl (C=O) groups is 1. The molecule has 0 radical (unpaired) electrons. The van der Waals surface area contributed by atoms with E-state index in [1.54, 1.807) is 14.0 Å². The van der Waals surface area contributed by atoms with E-state index in [1.807, 2.05) is 0 Å². The van der Waals surface area contributed by atoms with Gasteiger partial charge in [-0.1, -0.05) is 19.3 Å². The van der Waals surface area contributed by atoms with E-state index in [4.69, 9.17) is 4.74 Å². The predicted molar refractivity (Wildman–Crippen MR) is 56.2 cm³/mol. The van der Waals surface area contributed by atoms with Crippen LogP contribution in [0.2, 0.25) is 0 Å². The molecule has 0 unspecified atom stereocenters. The molecule has 1 aliphatic rings. The second kappa shape index (κ2) is 5.01. The fourth-order valence-electron chi connectivity index (χ4n) is 2.05. The highest BCUT2D eigenvalue weighted by Gasteiger charge is 2.39. The first-order valence-electron chi connectivity index (χ1n) is 5.48. The summed E-state index contributed by atoms with van der Waals surface area (Å²) in [6, 6.07) is 2.28. The largest absolute Gasteiger partial charge is 0.450 e. The molecule has 0 atom stereocenters. The number of carbonyl (C=O) groups excluding carboxylic acids is 1. The molecule has 0 aromatic carbocycles. The summed E-state index contributed by atoms with van der Waals surface area (Å²) in [5, 5.41) is 9.23. The SMILES string of the molecule is CCOC(=O)N(C)C1(C#N)CCCCC1. The maximum absolute atomic E-state index is 11.6. The van der Waals surface area contributed by atoms with Crippen LogP contribution in [0.25, 0.3) is 0 Å². The Morgan fingerprint density at radius 3 is 2.53 bits per heavy atom. The van der Waals surface area contributed by atoms with Crippen molar-refractivity contribution in [3.63, 3.8) is 0 Å². The molecule has 0 saturated heterocycles. The molecular weight excluding hydrogens is 192 g/mol. The molecule has 0 aliphatic heterocycles. The van der Waals surface area contributed by atoms with Crippen molar-refractivity contribution in [3.8, 4) is 6.07 Å². The van der Waals surface area contributed by atoms with Crippen LogP contribution < -0.4 is 0 Å². The summed E-state index contributed by atoms with van der Waals surface area (Å²) in [5.74, 6) is 0. The van der Waals surface area contributed by atoms with E-state index in [0.717, 1.165) is 32.1 Å². The highest BCUT2D eigenvalue weighted by atomic mass is 16.6. The first-order chi connectivity index (χ1) is 7.16. The normalized spacial score (nSPS) is 19.0. The first-order valence-corrected chi connectivity index (χ1v) is 5.48. The van der Waals surface area contributed by atoms with Gasteiger partial charge in [0.05, 0.1) is 12.7 Å². The minimum absolute atomic E-state index is 0.352. The number of nitriles is 1. The molecule has 1 aliphatic carbocycles. The van der Waals surface area contributed by atoms with Crippen LogP contribution in [0.4, 0.5) is 4.79 Å². The second-order valence-electron chi connectivity index (χ2n) is 3.96. The standard InChI is InChI=1S/C11H18N2O2/c1-3-15-10(14)13(2)11(9-12)7-5-4-6-8-11/h3-8H2,1-2H3. The molecule has 1 rings (SSSR count). The Morgan fingerprint density at radius 2 is 2.07 bits per heavy atom. The fraction of sp³-hybridized carbons (Fsp3) is 0.818. The third-order valence-electron chi connectivity index (χ3n) is 3.07. The van der Waals surface area contributed by atoms with Crippen molar-refractivity contribution >= 4 is 6.09 Å². The Kier molecular flexibility index (Phi) is 3.96. The van der Waals surface area contributed by atoms with Gasteiger partial charge in [0.25, 0.3) is 0 Å². The molecule has 1 fully saturated rings. The van der Waals surface area contributed by atoms with Gasteiger partial charge in [-0.15, -0.1) is 0 Å². The lowest BCUT2D eigenvalue weighted by Crippen LogP contribution is -2.50. The van der Waals surface area contributed by atoms with E-state index in [1.165, 1.54) is 4.90 Å². The molecule has 0 N–H and O–H groups in total. The summed E-state index contributed by atoms with van der Waals surface area (Å²) in [5.41, 5.74) is -0.634. The second-order valence-corrected chi connectivity index (χ2v) is 3.96. The Morgan fingerprint density at radius 1 is 1.47 bits per heavy atom. The molecule has 0 aromatic rings. The van der Waals surface area contributed by atoms with E-state index in [0.29, 0.717) is 6.61 Å². The molecule has 0 spiro atoms. The molecule has 0 bridgehead atoms. The van der Waals surface area contributed by atoms with E-state index < -0.39 is 5.54 Å². The number of hydrogen-bond acceptors (Lipinski definition) is 3. The van der Waals surface area contributed by atoms with Crippen LogP contribution in [0.5, 0.6) is 0 Å². The lowest BCUT2D eigenvalue weighted by atomic mass is 9.82. The number of nitrogens with zero attached hydrogens (tertiary/aromatic N) is 2. The summed E-state index contributed by atoms with van der Waals surface area (Å²) in [7, 11) is 1.66. The van der Waals surface area contributed by atoms with Gasteiger partial charge in [0, 0.05) is 7.05 Å². The van der Waals surface area contributed by atoms with Gasteiger partial charge in [-0.2, -0.15) is 5.26 Å². The van der Waals surface area contributed by atoms with Gasteiger partial charge in [0.15, 0.2) is 0 Å². The minimum Gasteiger partial charge on any atom is -0.450 e. The topological polar surface area (TPSA) is 53.3 Å². The summed E-state index contributed by atoms with van der Waals surface area (Å²) < 4.78 is 4.92. The van der Waals surface area contributed by atoms with Gasteiger partial charge >= 0.3 is 6.09 Å². The molecule has 84 valence electrons. The smallest absolute Gasteiger partial charge is 0.410 e. The monoisotopic (exact) mass is 210 g/mol. The van der Waals surface area contributed by atoms with Crippen LogP contribution in [0.3, 0.4) is 0 Å². The molecule has 1 saturated carbocycles. The van der Waals surface area contributed by atoms with Crippen LogP contribution >= 0.6 is 0 Å². The van der Waals surface area contributed by atoms with Crippen LogP contribution in [0, 0.1) is 11.3 Å². The Labute approximate surface area is 90.8 Å². The van der Waals surface area contributed by atoms with E-state index in [-0.39, 0.29) is 6.09 Å². The Hall–Kier alpha value is -1.24. The zero-order valence-electron chi connectivity index (χ0n) is 9.45. The maximum atomic E-state index is 11.6. The van der Waals surface area contributed by atoms with Gasteiger partial charge in [0.1, 0.15) is 5.54 Å². The van der Waals surface area contributed by atoms with Crippen LogP contribution in [0.1, 0.15) is 39.0 Å². The number of hydrogen-bond donors (Lipinski definition) is 0. The summed E-state index contributed by atoms with van der Waals surface area (Å²) in [4.78, 5) is 13.0. The summed E-state index contributed by atoms with van der Waals surface area (Å²) >= 11 is 0. The number of ether oxygens (including phenoxy) is 1. The lowest BCUT2D eigenvalue weighted by molar-refractivity contribution is 0.0718. The van der Waals surface area contributed by atoms with E-state index >= 15 is 0 Å². The molecule has 15 heavy (non-hydrogen) atoms. The third-order valence-corrected chi connectivity index (χ3v) is 3.07. The average Bonchev–Trinajstić information content (AvgIpc) is 2.29. The lowest BCUT2D eigenvalue weighted by Gasteiger charge is -2.38. The summed E-state index contributed by atoms with van der Waals surface area (Å²) in [6.45, 7) is 2.12. The van der Waals surface area contributed by atoms with Crippen molar-refractivity contribution < 1.29 is 9.53 Å². The average molecular weight is 210 g/mol. The zero-order valence-corrected chi connectivity index (χ0v) is 9.45. The highest BCUT2D eigenvalue weighted by molar-refractivity contribution is 5.69. The van der Waals surface area contributed by atoms with Crippen molar-refractivity contribution in [2.45, 2.75) is 44.6 Å². The van der Waals surface area contributed by atoms with Crippen molar-refractivity contribution in [1.29, 1.82) is 5.26 Å². The number of rotatable bonds is 2. The van der Waals surface area contributed by atoms with Crippen LogP contribution in [-0.4, -0.2) is 30.2 Å². The summed E-state index contributed by atoms with van der Waals surface area (Å²) in [6.07, 6.45) is 4.31. The Bertz CT molecular complexity index is 264. The molecule has 0 heterocycles. The van der Waals surface area contributed by atoms with E-state index in [9.17, 15) is 10.1 Å². The van der Waals surface area contributed by atoms with Gasteiger partial charge in [-0.05, 0) is 19.8 Å². The van der Waals surface area contributed by atoms with E-state index in [2.05, 4.69) is 6.07 Å². The Balaban J connectivity index is 2.72.